The SMILES string of the molecule is CC(O[Si](C)(C)C)[SH](=O)=O. The normalized spacial score (nSPS) is 15.7. The van der Waals surface area contributed by atoms with Crippen molar-refractivity contribution >= 4 is 19.0 Å². The molecule has 3 nitrogen and oxygen atoms in total. The van der Waals surface area contributed by atoms with E-state index in [0.29, 0.717) is 0 Å². The van der Waals surface area contributed by atoms with E-state index in [1.54, 1.807) is 6.92 Å². The minimum Gasteiger partial charge on any atom is -0.402 e. The molecule has 10 heavy (non-hydrogen) atoms. The van der Waals surface area contributed by atoms with Crippen LogP contribution in [0.15, 0.2) is 0 Å². The molecule has 0 aliphatic rings. The van der Waals surface area contributed by atoms with Gasteiger partial charge in [0, 0.05) is 0 Å². The van der Waals surface area contributed by atoms with Crippen LogP contribution in [-0.2, 0) is 15.1 Å². The Morgan fingerprint density at radius 1 is 1.30 bits per heavy atom. The van der Waals surface area contributed by atoms with Gasteiger partial charge in [-0.1, -0.05) is 0 Å². The van der Waals surface area contributed by atoms with E-state index in [1.807, 2.05) is 19.6 Å². The standard InChI is InChI=1S/C5H14O3SSi/c1-5(9(6)7)8-10(2,3)4/h5,9H,1-4H3. The zero-order chi connectivity index (χ0) is 8.36. The van der Waals surface area contributed by atoms with E-state index < -0.39 is 24.5 Å². The van der Waals surface area contributed by atoms with Crippen LogP contribution in [0.2, 0.25) is 19.6 Å². The van der Waals surface area contributed by atoms with Crippen molar-refractivity contribution in [1.82, 2.24) is 0 Å². The summed E-state index contributed by atoms with van der Waals surface area (Å²) in [6.45, 7) is 7.44. The van der Waals surface area contributed by atoms with Crippen LogP contribution in [0.25, 0.3) is 0 Å². The second-order valence-corrected chi connectivity index (χ2v) is 8.87. The fourth-order valence-electron chi connectivity index (χ4n) is 0.555. The minimum atomic E-state index is -2.41. The van der Waals surface area contributed by atoms with Gasteiger partial charge in [-0.2, -0.15) is 0 Å². The van der Waals surface area contributed by atoms with Gasteiger partial charge in [-0.15, -0.1) is 0 Å². The zero-order valence-electron chi connectivity index (χ0n) is 6.75. The van der Waals surface area contributed by atoms with E-state index in [2.05, 4.69) is 0 Å². The van der Waals surface area contributed by atoms with E-state index in [-0.39, 0.29) is 0 Å². The molecule has 1 atom stereocenters. The van der Waals surface area contributed by atoms with Crippen molar-refractivity contribution in [3.8, 4) is 0 Å². The highest BCUT2D eigenvalue weighted by Crippen LogP contribution is 2.06. The summed E-state index contributed by atoms with van der Waals surface area (Å²) < 4.78 is 25.9. The number of thiol groups is 1. The zero-order valence-corrected chi connectivity index (χ0v) is 8.64. The number of hydrogen-bond acceptors (Lipinski definition) is 3. The number of rotatable bonds is 3. The van der Waals surface area contributed by atoms with E-state index in [1.165, 1.54) is 0 Å². The summed E-state index contributed by atoms with van der Waals surface area (Å²) in [5, 5.41) is 0. The van der Waals surface area contributed by atoms with Crippen LogP contribution in [0, 0.1) is 0 Å². The molecule has 0 saturated heterocycles. The van der Waals surface area contributed by atoms with E-state index in [4.69, 9.17) is 4.43 Å². The molecule has 5 heteroatoms. The maximum Gasteiger partial charge on any atom is 0.185 e. The number of hydrogen-bond donors (Lipinski definition) is 1. The lowest BCUT2D eigenvalue weighted by Crippen LogP contribution is -2.31. The van der Waals surface area contributed by atoms with Crippen LogP contribution in [0.1, 0.15) is 6.92 Å². The summed E-state index contributed by atoms with van der Waals surface area (Å²) in [7, 11) is -4.08. The first kappa shape index (κ1) is 10.1. The maximum atomic E-state index is 10.3. The van der Waals surface area contributed by atoms with Crippen LogP contribution in [0.4, 0.5) is 0 Å². The molecule has 62 valence electrons. The minimum absolute atomic E-state index is 0.623. The molecule has 0 aromatic heterocycles. The maximum absolute atomic E-state index is 10.3. The average Bonchev–Trinajstić information content (AvgIpc) is 1.60. The van der Waals surface area contributed by atoms with Crippen molar-refractivity contribution in [3.63, 3.8) is 0 Å². The molecule has 0 fully saturated rings. The third-order valence-corrected chi connectivity index (χ3v) is 2.78. The van der Waals surface area contributed by atoms with E-state index >= 15 is 0 Å². The van der Waals surface area contributed by atoms with Crippen LogP contribution in [0.3, 0.4) is 0 Å². The summed E-state index contributed by atoms with van der Waals surface area (Å²) in [5.74, 6) is 0. The Balaban J connectivity index is 3.92. The Kier molecular flexibility index (Phi) is 3.54. The van der Waals surface area contributed by atoms with Gasteiger partial charge in [0.05, 0.1) is 0 Å². The third-order valence-electron chi connectivity index (χ3n) is 0.821. The van der Waals surface area contributed by atoms with Crippen molar-refractivity contribution in [2.75, 3.05) is 0 Å². The average molecular weight is 182 g/mol. The first-order chi connectivity index (χ1) is 4.33. The quantitative estimate of drug-likeness (QED) is 0.518. The highest BCUT2D eigenvalue weighted by atomic mass is 32.2. The van der Waals surface area contributed by atoms with Gasteiger partial charge in [0.15, 0.2) is 19.0 Å². The molecule has 0 aromatic carbocycles. The lowest BCUT2D eigenvalue weighted by molar-refractivity contribution is 0.290. The fourth-order valence-corrected chi connectivity index (χ4v) is 2.87. The molecule has 0 spiro atoms. The van der Waals surface area contributed by atoms with Gasteiger partial charge >= 0.3 is 0 Å². The van der Waals surface area contributed by atoms with Crippen LogP contribution < -0.4 is 0 Å². The summed E-state index contributed by atoms with van der Waals surface area (Å²) in [4.78, 5) is 0. The molecule has 0 aromatic rings. The van der Waals surface area contributed by atoms with Crippen LogP contribution in [-0.4, -0.2) is 22.2 Å². The summed E-state index contributed by atoms with van der Waals surface area (Å²) in [6.07, 6.45) is 0. The van der Waals surface area contributed by atoms with E-state index in [0.717, 1.165) is 0 Å². The van der Waals surface area contributed by atoms with Crippen molar-refractivity contribution in [3.05, 3.63) is 0 Å². The second-order valence-electron chi connectivity index (χ2n) is 3.11. The smallest absolute Gasteiger partial charge is 0.185 e. The van der Waals surface area contributed by atoms with Gasteiger partial charge in [0.2, 0.25) is 0 Å². The largest absolute Gasteiger partial charge is 0.402 e. The van der Waals surface area contributed by atoms with Crippen molar-refractivity contribution < 1.29 is 12.8 Å². The van der Waals surface area contributed by atoms with Crippen molar-refractivity contribution in [1.29, 1.82) is 0 Å². The molecule has 0 amide bonds. The van der Waals surface area contributed by atoms with Gasteiger partial charge in [-0.3, -0.25) is 0 Å². The summed E-state index contributed by atoms with van der Waals surface area (Å²) >= 11 is 0. The van der Waals surface area contributed by atoms with Gasteiger partial charge in [0.1, 0.15) is 5.44 Å². The highest BCUT2D eigenvalue weighted by Gasteiger charge is 2.19. The highest BCUT2D eigenvalue weighted by molar-refractivity contribution is 7.73. The predicted molar refractivity (Wildman–Crippen MR) is 44.2 cm³/mol. The first-order valence-electron chi connectivity index (χ1n) is 3.14. The molecule has 0 bridgehead atoms. The molecule has 0 heterocycles. The molecule has 1 unspecified atom stereocenters. The topological polar surface area (TPSA) is 43.4 Å². The lowest BCUT2D eigenvalue weighted by Gasteiger charge is -2.19. The summed E-state index contributed by atoms with van der Waals surface area (Å²) in [5.41, 5.74) is -0.623. The van der Waals surface area contributed by atoms with Crippen LogP contribution in [0.5, 0.6) is 0 Å². The molecule has 0 N–H and O–H groups in total. The Morgan fingerprint density at radius 3 is 1.80 bits per heavy atom. The summed E-state index contributed by atoms with van der Waals surface area (Å²) in [6, 6.07) is 0. The molecule has 0 aliphatic heterocycles. The monoisotopic (exact) mass is 182 g/mol. The van der Waals surface area contributed by atoms with Gasteiger partial charge in [-0.25, -0.2) is 8.42 Å². The van der Waals surface area contributed by atoms with Crippen molar-refractivity contribution in [2.45, 2.75) is 32.0 Å². The van der Waals surface area contributed by atoms with Crippen LogP contribution >= 0.6 is 0 Å². The van der Waals surface area contributed by atoms with Gasteiger partial charge in [-0.05, 0) is 26.6 Å². The van der Waals surface area contributed by atoms with Gasteiger partial charge in [0.25, 0.3) is 0 Å². The Hall–Kier alpha value is 0.127. The van der Waals surface area contributed by atoms with E-state index in [9.17, 15) is 8.42 Å². The Morgan fingerprint density at radius 2 is 1.70 bits per heavy atom. The molecule has 0 rings (SSSR count). The lowest BCUT2D eigenvalue weighted by atomic mass is 10.9. The third kappa shape index (κ3) is 4.96. The molecule has 0 aliphatic carbocycles. The Bertz CT molecular complexity index is 162. The molecular formula is C5H14O3SSi. The Labute approximate surface area is 64.5 Å². The molecular weight excluding hydrogens is 168 g/mol. The first-order valence-corrected chi connectivity index (χ1v) is 7.80. The van der Waals surface area contributed by atoms with Crippen molar-refractivity contribution in [2.24, 2.45) is 0 Å². The fraction of sp³-hybridized carbons (Fsp3) is 1.00. The molecule has 0 radical (unpaired) electrons. The van der Waals surface area contributed by atoms with Gasteiger partial charge < -0.3 is 4.43 Å². The molecule has 0 saturated carbocycles. The second kappa shape index (κ2) is 3.50. The predicted octanol–water partition coefficient (Wildman–Crippen LogP) is 0.795.